The van der Waals surface area contributed by atoms with Crippen molar-refractivity contribution < 1.29 is 0 Å². The lowest BCUT2D eigenvalue weighted by Crippen LogP contribution is -2.26. The molecule has 0 spiro atoms. The zero-order valence-electron chi connectivity index (χ0n) is 11.3. The van der Waals surface area contributed by atoms with Crippen LogP contribution in [-0.2, 0) is 6.54 Å². The highest BCUT2D eigenvalue weighted by molar-refractivity contribution is 5.01. The van der Waals surface area contributed by atoms with Crippen molar-refractivity contribution in [2.24, 2.45) is 11.8 Å². The van der Waals surface area contributed by atoms with E-state index in [9.17, 15) is 0 Å². The lowest BCUT2D eigenvalue weighted by atomic mass is 9.80. The molecule has 0 bridgehead atoms. The van der Waals surface area contributed by atoms with Crippen LogP contribution < -0.4 is 5.32 Å². The Morgan fingerprint density at radius 1 is 1.41 bits per heavy atom. The van der Waals surface area contributed by atoms with Gasteiger partial charge in [0.15, 0.2) is 0 Å². The van der Waals surface area contributed by atoms with Gasteiger partial charge in [-0.05, 0) is 38.1 Å². The van der Waals surface area contributed by atoms with Crippen LogP contribution in [0.25, 0.3) is 0 Å². The van der Waals surface area contributed by atoms with Gasteiger partial charge >= 0.3 is 0 Å². The van der Waals surface area contributed by atoms with E-state index in [1.165, 1.54) is 25.0 Å². The van der Waals surface area contributed by atoms with E-state index in [1.54, 1.807) is 0 Å². The summed E-state index contributed by atoms with van der Waals surface area (Å²) in [6, 6.07) is 0.613. The maximum Gasteiger partial charge on any atom is 0.0951 e. The van der Waals surface area contributed by atoms with Gasteiger partial charge in [0.2, 0.25) is 0 Å². The van der Waals surface area contributed by atoms with Gasteiger partial charge < -0.3 is 9.88 Å². The molecule has 2 rings (SSSR count). The van der Waals surface area contributed by atoms with E-state index in [0.717, 1.165) is 19.0 Å². The van der Waals surface area contributed by atoms with Gasteiger partial charge in [-0.25, -0.2) is 4.98 Å². The number of imidazole rings is 1. The molecule has 3 heteroatoms. The van der Waals surface area contributed by atoms with Crippen LogP contribution in [0.3, 0.4) is 0 Å². The smallest absolute Gasteiger partial charge is 0.0951 e. The van der Waals surface area contributed by atoms with Crippen molar-refractivity contribution in [2.75, 3.05) is 6.54 Å². The van der Waals surface area contributed by atoms with E-state index in [0.29, 0.717) is 12.0 Å². The molecule has 1 aromatic rings. The zero-order valence-corrected chi connectivity index (χ0v) is 11.3. The first-order valence-electron chi connectivity index (χ1n) is 6.90. The summed E-state index contributed by atoms with van der Waals surface area (Å²) >= 11 is 0. The van der Waals surface area contributed by atoms with Gasteiger partial charge in [-0.15, -0.1) is 0 Å². The maximum atomic E-state index is 4.30. The van der Waals surface area contributed by atoms with E-state index in [4.69, 9.17) is 0 Å². The second-order valence-corrected chi connectivity index (χ2v) is 5.75. The third-order valence-corrected chi connectivity index (χ3v) is 3.88. The molecule has 3 nitrogen and oxygen atoms in total. The van der Waals surface area contributed by atoms with Crippen molar-refractivity contribution in [3.05, 3.63) is 18.2 Å². The lowest BCUT2D eigenvalue weighted by Gasteiger charge is -2.33. The number of hydrogen-bond donors (Lipinski definition) is 1. The highest BCUT2D eigenvalue weighted by Crippen LogP contribution is 2.36. The largest absolute Gasteiger partial charge is 0.330 e. The molecule has 96 valence electrons. The van der Waals surface area contributed by atoms with E-state index in [2.05, 4.69) is 35.6 Å². The predicted octanol–water partition coefficient (Wildman–Crippen LogP) is 2.99. The molecule has 1 saturated carbocycles. The fraction of sp³-hybridized carbons (Fsp3) is 0.786. The van der Waals surface area contributed by atoms with Gasteiger partial charge in [0.25, 0.3) is 0 Å². The van der Waals surface area contributed by atoms with Crippen LogP contribution in [0.5, 0.6) is 0 Å². The van der Waals surface area contributed by atoms with Crippen LogP contribution in [0, 0.1) is 11.8 Å². The van der Waals surface area contributed by atoms with Crippen molar-refractivity contribution in [3.63, 3.8) is 0 Å². The first-order valence-corrected chi connectivity index (χ1v) is 6.90. The van der Waals surface area contributed by atoms with Gasteiger partial charge in [-0.3, -0.25) is 0 Å². The third-order valence-electron chi connectivity index (χ3n) is 3.88. The first kappa shape index (κ1) is 12.6. The average molecular weight is 235 g/mol. The fourth-order valence-corrected chi connectivity index (χ4v) is 2.47. The van der Waals surface area contributed by atoms with Crippen LogP contribution in [0.15, 0.2) is 12.5 Å². The highest BCUT2D eigenvalue weighted by Gasteiger charge is 2.25. The molecule has 1 heterocycles. The molecule has 1 unspecified atom stereocenters. The van der Waals surface area contributed by atoms with Crippen LogP contribution in [0.1, 0.15) is 51.8 Å². The quantitative estimate of drug-likeness (QED) is 0.821. The number of nitrogens with zero attached hydrogens (tertiary/aromatic N) is 2. The van der Waals surface area contributed by atoms with Crippen LogP contribution in [-0.4, -0.2) is 16.1 Å². The Morgan fingerprint density at radius 3 is 2.76 bits per heavy atom. The summed E-state index contributed by atoms with van der Waals surface area (Å²) in [5.74, 6) is 1.57. The molecular weight excluding hydrogens is 210 g/mol. The number of hydrogen-bond acceptors (Lipinski definition) is 2. The van der Waals surface area contributed by atoms with Crippen LogP contribution in [0.4, 0.5) is 0 Å². The Balaban J connectivity index is 1.91. The summed E-state index contributed by atoms with van der Waals surface area (Å²) < 4.78 is 2.36. The summed E-state index contributed by atoms with van der Waals surface area (Å²) in [5, 5.41) is 3.50. The predicted molar refractivity (Wildman–Crippen MR) is 70.8 cm³/mol. The number of aromatic nitrogens is 2. The Morgan fingerprint density at radius 2 is 2.18 bits per heavy atom. The average Bonchev–Trinajstić information content (AvgIpc) is 2.62. The van der Waals surface area contributed by atoms with Crippen LogP contribution >= 0.6 is 0 Å². The number of nitrogens with one attached hydrogen (secondary N) is 1. The second-order valence-electron chi connectivity index (χ2n) is 5.75. The van der Waals surface area contributed by atoms with Crippen molar-refractivity contribution in [1.82, 2.24) is 14.9 Å². The Kier molecular flexibility index (Phi) is 4.21. The topological polar surface area (TPSA) is 29.9 Å². The molecule has 0 saturated heterocycles. The minimum absolute atomic E-state index is 0.613. The summed E-state index contributed by atoms with van der Waals surface area (Å²) in [6.07, 6.45) is 8.18. The summed E-state index contributed by atoms with van der Waals surface area (Å²) in [6.45, 7) is 8.82. The van der Waals surface area contributed by atoms with Gasteiger partial charge in [0.1, 0.15) is 0 Å². The highest BCUT2D eigenvalue weighted by atomic mass is 15.1. The molecule has 17 heavy (non-hydrogen) atoms. The number of rotatable bonds is 6. The van der Waals surface area contributed by atoms with Gasteiger partial charge in [0, 0.05) is 18.8 Å². The molecule has 0 aliphatic heterocycles. The molecule has 1 atom stereocenters. The molecule has 1 aromatic heterocycles. The maximum absolute atomic E-state index is 4.30. The van der Waals surface area contributed by atoms with E-state index in [1.807, 2.05) is 12.5 Å². The monoisotopic (exact) mass is 235 g/mol. The summed E-state index contributed by atoms with van der Waals surface area (Å²) in [5.41, 5.74) is 1.32. The molecule has 0 radical (unpaired) electrons. The van der Waals surface area contributed by atoms with E-state index < -0.39 is 0 Å². The van der Waals surface area contributed by atoms with Gasteiger partial charge in [0.05, 0.1) is 12.0 Å². The molecule has 1 aliphatic rings. The molecule has 1 aliphatic carbocycles. The Hall–Kier alpha value is -0.830. The molecule has 0 aromatic carbocycles. The lowest BCUT2D eigenvalue weighted by molar-refractivity contribution is 0.219. The third kappa shape index (κ3) is 3.09. The zero-order chi connectivity index (χ0) is 12.3. The second kappa shape index (κ2) is 5.67. The SMILES string of the molecule is CC(C)CNCc1cncn1C(C)C1CCC1. The first-order chi connectivity index (χ1) is 8.18. The van der Waals surface area contributed by atoms with Gasteiger partial charge in [-0.1, -0.05) is 20.3 Å². The fourth-order valence-electron chi connectivity index (χ4n) is 2.47. The van der Waals surface area contributed by atoms with E-state index >= 15 is 0 Å². The Bertz CT molecular complexity index is 339. The van der Waals surface area contributed by atoms with Gasteiger partial charge in [-0.2, -0.15) is 0 Å². The van der Waals surface area contributed by atoms with E-state index in [-0.39, 0.29) is 0 Å². The standard InChI is InChI=1S/C14H25N3/c1-11(2)7-15-8-14-9-16-10-17(14)12(3)13-5-4-6-13/h9-13,15H,4-8H2,1-3H3. The van der Waals surface area contributed by atoms with Crippen LogP contribution in [0.2, 0.25) is 0 Å². The molecule has 0 amide bonds. The van der Waals surface area contributed by atoms with Crippen molar-refractivity contribution in [2.45, 2.75) is 52.6 Å². The summed E-state index contributed by atoms with van der Waals surface area (Å²) in [7, 11) is 0. The normalized spacial score (nSPS) is 18.4. The minimum atomic E-state index is 0.613. The minimum Gasteiger partial charge on any atom is -0.330 e. The molecule has 1 N–H and O–H groups in total. The van der Waals surface area contributed by atoms with Crippen molar-refractivity contribution in [3.8, 4) is 0 Å². The Labute approximate surface area is 105 Å². The van der Waals surface area contributed by atoms with Crippen molar-refractivity contribution in [1.29, 1.82) is 0 Å². The molecule has 1 fully saturated rings. The summed E-state index contributed by atoms with van der Waals surface area (Å²) in [4.78, 5) is 4.30. The molecular formula is C14H25N3. The van der Waals surface area contributed by atoms with Crippen molar-refractivity contribution >= 4 is 0 Å².